The van der Waals surface area contributed by atoms with E-state index in [1.807, 2.05) is 25.1 Å². The minimum Gasteiger partial charge on any atom is -0.487 e. The predicted octanol–water partition coefficient (Wildman–Crippen LogP) is 5.21. The largest absolute Gasteiger partial charge is 0.487 e. The SMILES string of the molecule is Cc1ccc2c(CC(=O)OCCOc3c(Cl)cccc3Cl)coc2c1. The van der Waals surface area contributed by atoms with Gasteiger partial charge in [0.15, 0.2) is 5.75 Å². The van der Waals surface area contributed by atoms with Crippen molar-refractivity contribution in [1.82, 2.24) is 0 Å². The second-order valence-electron chi connectivity index (χ2n) is 5.56. The quantitative estimate of drug-likeness (QED) is 0.436. The zero-order valence-electron chi connectivity index (χ0n) is 13.6. The first-order chi connectivity index (χ1) is 12.0. The number of furan rings is 1. The second kappa shape index (κ2) is 7.81. The molecule has 1 heterocycles. The van der Waals surface area contributed by atoms with Gasteiger partial charge in [-0.2, -0.15) is 0 Å². The molecule has 4 nitrogen and oxygen atoms in total. The van der Waals surface area contributed by atoms with E-state index in [4.69, 9.17) is 37.1 Å². The second-order valence-corrected chi connectivity index (χ2v) is 6.37. The van der Waals surface area contributed by atoms with Gasteiger partial charge >= 0.3 is 5.97 Å². The van der Waals surface area contributed by atoms with Crippen molar-refractivity contribution in [2.45, 2.75) is 13.3 Å². The van der Waals surface area contributed by atoms with E-state index in [1.54, 1.807) is 24.5 Å². The maximum atomic E-state index is 12.0. The zero-order valence-corrected chi connectivity index (χ0v) is 15.1. The number of carbonyl (C=O) groups is 1. The van der Waals surface area contributed by atoms with Gasteiger partial charge in [-0.15, -0.1) is 0 Å². The first-order valence-corrected chi connectivity index (χ1v) is 8.49. The topological polar surface area (TPSA) is 48.7 Å². The summed E-state index contributed by atoms with van der Waals surface area (Å²) in [4.78, 5) is 12.0. The average Bonchev–Trinajstić information content (AvgIpc) is 2.95. The fraction of sp³-hybridized carbons (Fsp3) is 0.211. The summed E-state index contributed by atoms with van der Waals surface area (Å²) < 4.78 is 16.2. The van der Waals surface area contributed by atoms with E-state index >= 15 is 0 Å². The van der Waals surface area contributed by atoms with Crippen LogP contribution in [0.1, 0.15) is 11.1 Å². The molecule has 0 unspecified atom stereocenters. The van der Waals surface area contributed by atoms with Crippen LogP contribution in [-0.4, -0.2) is 19.2 Å². The van der Waals surface area contributed by atoms with Crippen LogP contribution in [0.15, 0.2) is 47.1 Å². The number of hydrogen-bond donors (Lipinski definition) is 0. The van der Waals surface area contributed by atoms with Gasteiger partial charge in [-0.25, -0.2) is 0 Å². The van der Waals surface area contributed by atoms with E-state index in [0.29, 0.717) is 15.8 Å². The van der Waals surface area contributed by atoms with Crippen LogP contribution in [-0.2, 0) is 16.0 Å². The number of rotatable bonds is 6. The summed E-state index contributed by atoms with van der Waals surface area (Å²) in [6.45, 7) is 2.26. The van der Waals surface area contributed by atoms with Crippen molar-refractivity contribution in [3.8, 4) is 5.75 Å². The highest BCUT2D eigenvalue weighted by Gasteiger charge is 2.12. The lowest BCUT2D eigenvalue weighted by Crippen LogP contribution is -2.14. The molecule has 130 valence electrons. The van der Waals surface area contributed by atoms with Crippen LogP contribution in [0.25, 0.3) is 11.0 Å². The fourth-order valence-corrected chi connectivity index (χ4v) is 2.96. The van der Waals surface area contributed by atoms with Crippen LogP contribution in [0.3, 0.4) is 0 Å². The highest BCUT2D eigenvalue weighted by atomic mass is 35.5. The Morgan fingerprint density at radius 1 is 1.12 bits per heavy atom. The summed E-state index contributed by atoms with van der Waals surface area (Å²) in [6, 6.07) is 11.0. The summed E-state index contributed by atoms with van der Waals surface area (Å²) >= 11 is 12.0. The van der Waals surface area contributed by atoms with Crippen LogP contribution in [0, 0.1) is 6.92 Å². The monoisotopic (exact) mass is 378 g/mol. The third kappa shape index (κ3) is 4.27. The van der Waals surface area contributed by atoms with E-state index in [-0.39, 0.29) is 25.6 Å². The van der Waals surface area contributed by atoms with Gasteiger partial charge in [0.2, 0.25) is 0 Å². The third-order valence-corrected chi connectivity index (χ3v) is 4.25. The number of aryl methyl sites for hydroxylation is 1. The number of carbonyl (C=O) groups excluding carboxylic acids is 1. The van der Waals surface area contributed by atoms with E-state index in [1.165, 1.54) is 0 Å². The number of hydrogen-bond acceptors (Lipinski definition) is 4. The highest BCUT2D eigenvalue weighted by Crippen LogP contribution is 2.32. The molecule has 3 aromatic rings. The molecule has 0 aliphatic rings. The third-order valence-electron chi connectivity index (χ3n) is 3.66. The Balaban J connectivity index is 1.51. The fourth-order valence-electron chi connectivity index (χ4n) is 2.45. The lowest BCUT2D eigenvalue weighted by Gasteiger charge is -2.10. The van der Waals surface area contributed by atoms with E-state index < -0.39 is 0 Å². The first-order valence-electron chi connectivity index (χ1n) is 7.74. The van der Waals surface area contributed by atoms with Crippen LogP contribution >= 0.6 is 23.2 Å². The maximum absolute atomic E-state index is 12.0. The van der Waals surface area contributed by atoms with Gasteiger partial charge in [0.05, 0.1) is 22.7 Å². The molecule has 0 fully saturated rings. The lowest BCUT2D eigenvalue weighted by molar-refractivity contribution is -0.143. The molecule has 1 aromatic heterocycles. The number of halogens is 2. The molecule has 6 heteroatoms. The summed E-state index contributed by atoms with van der Waals surface area (Å²) in [7, 11) is 0. The number of fused-ring (bicyclic) bond motifs is 1. The van der Waals surface area contributed by atoms with Crippen LogP contribution < -0.4 is 4.74 Å². The highest BCUT2D eigenvalue weighted by molar-refractivity contribution is 6.37. The van der Waals surface area contributed by atoms with E-state index in [2.05, 4.69) is 0 Å². The van der Waals surface area contributed by atoms with Crippen molar-refractivity contribution in [3.05, 3.63) is 63.8 Å². The van der Waals surface area contributed by atoms with Crippen molar-refractivity contribution in [1.29, 1.82) is 0 Å². The van der Waals surface area contributed by atoms with Gasteiger partial charge in [-0.1, -0.05) is 41.4 Å². The predicted molar refractivity (Wildman–Crippen MR) is 97.6 cm³/mol. The van der Waals surface area contributed by atoms with Crippen LogP contribution in [0.5, 0.6) is 5.75 Å². The number of ether oxygens (including phenoxy) is 2. The minimum absolute atomic E-state index is 0.106. The smallest absolute Gasteiger partial charge is 0.310 e. The molecule has 25 heavy (non-hydrogen) atoms. The number of benzene rings is 2. The number of para-hydroxylation sites is 1. The summed E-state index contributed by atoms with van der Waals surface area (Å²) in [6.07, 6.45) is 1.73. The lowest BCUT2D eigenvalue weighted by atomic mass is 10.1. The normalized spacial score (nSPS) is 10.8. The molecular weight excluding hydrogens is 363 g/mol. The molecule has 0 saturated heterocycles. The van der Waals surface area contributed by atoms with Gasteiger partial charge in [0.25, 0.3) is 0 Å². The van der Waals surface area contributed by atoms with Gasteiger partial charge < -0.3 is 13.9 Å². The van der Waals surface area contributed by atoms with Crippen LogP contribution in [0.4, 0.5) is 0 Å². The van der Waals surface area contributed by atoms with Crippen LogP contribution in [0.2, 0.25) is 10.0 Å². The Hall–Kier alpha value is -2.17. The van der Waals surface area contributed by atoms with E-state index in [0.717, 1.165) is 22.1 Å². The molecule has 0 N–H and O–H groups in total. The molecular formula is C19H16Cl2O4. The summed E-state index contributed by atoms with van der Waals surface area (Å²) in [5.41, 5.74) is 2.67. The van der Waals surface area contributed by atoms with Gasteiger partial charge in [-0.3, -0.25) is 4.79 Å². The average molecular weight is 379 g/mol. The van der Waals surface area contributed by atoms with Crippen molar-refractivity contribution in [2.75, 3.05) is 13.2 Å². The molecule has 0 aliphatic heterocycles. The molecule has 2 aromatic carbocycles. The Morgan fingerprint density at radius 2 is 1.88 bits per heavy atom. The van der Waals surface area contributed by atoms with Crippen molar-refractivity contribution in [3.63, 3.8) is 0 Å². The molecule has 0 aliphatic carbocycles. The van der Waals surface area contributed by atoms with Gasteiger partial charge in [0, 0.05) is 10.9 Å². The Kier molecular flexibility index (Phi) is 5.51. The van der Waals surface area contributed by atoms with Gasteiger partial charge in [0.1, 0.15) is 18.8 Å². The summed E-state index contributed by atoms with van der Waals surface area (Å²) in [5, 5.41) is 1.75. The maximum Gasteiger partial charge on any atom is 0.310 e. The van der Waals surface area contributed by atoms with Crippen molar-refractivity contribution < 1.29 is 18.7 Å². The molecule has 0 amide bonds. The molecule has 0 saturated carbocycles. The number of esters is 1. The van der Waals surface area contributed by atoms with Crippen molar-refractivity contribution >= 4 is 40.1 Å². The molecule has 3 rings (SSSR count). The Labute approximate surface area is 155 Å². The van der Waals surface area contributed by atoms with E-state index in [9.17, 15) is 4.79 Å². The molecule has 0 atom stereocenters. The Morgan fingerprint density at radius 3 is 2.64 bits per heavy atom. The zero-order chi connectivity index (χ0) is 17.8. The first kappa shape index (κ1) is 17.6. The minimum atomic E-state index is -0.350. The molecule has 0 radical (unpaired) electrons. The standard InChI is InChI=1S/C19H16Cl2O4/c1-12-5-6-14-13(11-25-17(14)9-12)10-18(22)23-7-8-24-19-15(20)3-2-4-16(19)21/h2-6,9,11H,7-8,10H2,1H3. The molecule has 0 spiro atoms. The Bertz CT molecular complexity index is 881. The van der Waals surface area contributed by atoms with Crippen molar-refractivity contribution in [2.24, 2.45) is 0 Å². The van der Waals surface area contributed by atoms with Gasteiger partial charge in [-0.05, 0) is 30.7 Å². The molecule has 0 bridgehead atoms. The summed E-state index contributed by atoms with van der Waals surface area (Å²) in [5.74, 6) is 0.0372.